The summed E-state index contributed by atoms with van der Waals surface area (Å²) in [6.07, 6.45) is 2.35. The van der Waals surface area contributed by atoms with Crippen molar-refractivity contribution in [1.82, 2.24) is 4.90 Å². The van der Waals surface area contributed by atoms with Gasteiger partial charge in [-0.05, 0) is 18.8 Å². The third-order valence-corrected chi connectivity index (χ3v) is 3.71. The van der Waals surface area contributed by atoms with Crippen molar-refractivity contribution in [2.24, 2.45) is 11.8 Å². The topological polar surface area (TPSA) is 57.6 Å². The van der Waals surface area contributed by atoms with E-state index in [-0.39, 0.29) is 17.9 Å². The van der Waals surface area contributed by atoms with Gasteiger partial charge in [-0.3, -0.25) is 9.59 Å². The van der Waals surface area contributed by atoms with Crippen LogP contribution >= 0.6 is 0 Å². The fourth-order valence-electron chi connectivity index (χ4n) is 2.45. The molecule has 0 aromatic heterocycles. The molecule has 0 aliphatic carbocycles. The van der Waals surface area contributed by atoms with Crippen molar-refractivity contribution in [3.63, 3.8) is 0 Å². The van der Waals surface area contributed by atoms with Crippen molar-refractivity contribution >= 4 is 11.9 Å². The van der Waals surface area contributed by atoms with Crippen LogP contribution in [0.5, 0.6) is 0 Å². The smallest absolute Gasteiger partial charge is 0.306 e. The van der Waals surface area contributed by atoms with Gasteiger partial charge in [0.25, 0.3) is 0 Å². The minimum absolute atomic E-state index is 0.00421. The van der Waals surface area contributed by atoms with Gasteiger partial charge in [-0.25, -0.2) is 0 Å². The molecule has 0 saturated carbocycles. The van der Waals surface area contributed by atoms with E-state index in [0.717, 1.165) is 19.4 Å². The Bertz CT molecular complexity index is 277. The number of hydrogen-bond donors (Lipinski definition) is 1. The second-order valence-corrected chi connectivity index (χ2v) is 4.65. The molecule has 1 saturated heterocycles. The zero-order valence-electron chi connectivity index (χ0n) is 10.3. The van der Waals surface area contributed by atoms with E-state index < -0.39 is 11.9 Å². The zero-order chi connectivity index (χ0) is 12.3. The van der Waals surface area contributed by atoms with E-state index in [0.29, 0.717) is 6.42 Å². The Labute approximate surface area is 96.6 Å². The van der Waals surface area contributed by atoms with E-state index in [2.05, 4.69) is 0 Å². The first-order valence-corrected chi connectivity index (χ1v) is 6.01. The van der Waals surface area contributed by atoms with Gasteiger partial charge < -0.3 is 10.0 Å². The van der Waals surface area contributed by atoms with Crippen LogP contribution < -0.4 is 0 Å². The van der Waals surface area contributed by atoms with Gasteiger partial charge >= 0.3 is 5.97 Å². The summed E-state index contributed by atoms with van der Waals surface area (Å²) >= 11 is 0. The van der Waals surface area contributed by atoms with Gasteiger partial charge in [0.1, 0.15) is 0 Å². The summed E-state index contributed by atoms with van der Waals surface area (Å²) in [6, 6.07) is 0.0705. The highest BCUT2D eigenvalue weighted by Crippen LogP contribution is 2.26. The summed E-state index contributed by atoms with van der Waals surface area (Å²) in [5, 5.41) is 9.00. The van der Waals surface area contributed by atoms with Gasteiger partial charge in [0.2, 0.25) is 5.91 Å². The molecule has 16 heavy (non-hydrogen) atoms. The van der Waals surface area contributed by atoms with Crippen LogP contribution in [0.2, 0.25) is 0 Å². The molecule has 1 fully saturated rings. The van der Waals surface area contributed by atoms with Gasteiger partial charge in [0.15, 0.2) is 0 Å². The number of likely N-dealkylation sites (tertiary alicyclic amines) is 1. The molecule has 1 rings (SSSR count). The predicted octanol–water partition coefficient (Wildman–Crippen LogP) is 1.74. The number of carboxylic acid groups (broad SMARTS) is 1. The minimum atomic E-state index is -0.780. The molecule has 3 unspecified atom stereocenters. The molecule has 1 N–H and O–H groups in total. The second-order valence-electron chi connectivity index (χ2n) is 4.65. The maximum atomic E-state index is 11.7. The first-order chi connectivity index (χ1) is 7.49. The molecule has 1 aliphatic heterocycles. The van der Waals surface area contributed by atoms with Gasteiger partial charge in [0, 0.05) is 19.0 Å². The average Bonchev–Trinajstić information content (AvgIpc) is 2.65. The van der Waals surface area contributed by atoms with Crippen molar-refractivity contribution < 1.29 is 14.7 Å². The van der Waals surface area contributed by atoms with Crippen molar-refractivity contribution in [2.75, 3.05) is 6.54 Å². The summed E-state index contributed by atoms with van der Waals surface area (Å²) in [5.74, 6) is -1.00. The zero-order valence-corrected chi connectivity index (χ0v) is 10.3. The fraction of sp³-hybridized carbons (Fsp3) is 0.833. The highest BCUT2D eigenvalue weighted by molar-refractivity contribution is 5.78. The highest BCUT2D eigenvalue weighted by atomic mass is 16.4. The molecule has 92 valence electrons. The number of carboxylic acids is 1. The van der Waals surface area contributed by atoms with E-state index in [1.54, 1.807) is 6.92 Å². The Balaban J connectivity index is 2.73. The minimum Gasteiger partial charge on any atom is -0.481 e. The van der Waals surface area contributed by atoms with Crippen LogP contribution in [0, 0.1) is 11.8 Å². The number of aliphatic carboxylic acids is 1. The molecule has 4 heteroatoms. The number of nitrogens with zero attached hydrogens (tertiary/aromatic N) is 1. The van der Waals surface area contributed by atoms with E-state index >= 15 is 0 Å². The fourth-order valence-corrected chi connectivity index (χ4v) is 2.45. The van der Waals surface area contributed by atoms with Crippen molar-refractivity contribution in [3.05, 3.63) is 0 Å². The molecule has 1 aliphatic rings. The normalized spacial score (nSPS) is 21.9. The van der Waals surface area contributed by atoms with Crippen LogP contribution in [-0.2, 0) is 9.59 Å². The Morgan fingerprint density at radius 2 is 2.12 bits per heavy atom. The molecule has 0 bridgehead atoms. The standard InChI is InChI=1S/C12H21NO3/c1-4-10(8(2)9(3)12(15)16)13-7-5-6-11(13)14/h8-10H,4-7H2,1-3H3,(H,15,16). The molecular weight excluding hydrogens is 206 g/mol. The van der Waals surface area contributed by atoms with Crippen molar-refractivity contribution in [3.8, 4) is 0 Å². The number of hydrogen-bond acceptors (Lipinski definition) is 2. The molecule has 0 aromatic rings. The third kappa shape index (κ3) is 2.54. The number of amides is 1. The molecule has 0 aromatic carbocycles. The summed E-state index contributed by atoms with van der Waals surface area (Å²) in [5.41, 5.74) is 0. The quantitative estimate of drug-likeness (QED) is 0.778. The number of carbonyl (C=O) groups excluding carboxylic acids is 1. The lowest BCUT2D eigenvalue weighted by atomic mass is 9.86. The summed E-state index contributed by atoms with van der Waals surface area (Å²) < 4.78 is 0. The number of rotatable bonds is 5. The van der Waals surface area contributed by atoms with Crippen LogP contribution in [0.1, 0.15) is 40.0 Å². The second kappa shape index (κ2) is 5.32. The van der Waals surface area contributed by atoms with Crippen molar-refractivity contribution in [2.45, 2.75) is 46.1 Å². The van der Waals surface area contributed by atoms with Gasteiger partial charge in [-0.15, -0.1) is 0 Å². The lowest BCUT2D eigenvalue weighted by Crippen LogP contribution is -2.43. The van der Waals surface area contributed by atoms with Crippen LogP contribution in [0.15, 0.2) is 0 Å². The maximum Gasteiger partial charge on any atom is 0.306 e. The number of carbonyl (C=O) groups is 2. The Kier molecular flexibility index (Phi) is 4.33. The van der Waals surface area contributed by atoms with Gasteiger partial charge in [-0.1, -0.05) is 20.8 Å². The van der Waals surface area contributed by atoms with Crippen LogP contribution in [0.4, 0.5) is 0 Å². The van der Waals surface area contributed by atoms with Crippen LogP contribution in [-0.4, -0.2) is 34.5 Å². The predicted molar refractivity (Wildman–Crippen MR) is 61.0 cm³/mol. The third-order valence-electron chi connectivity index (χ3n) is 3.71. The van der Waals surface area contributed by atoms with Crippen LogP contribution in [0.3, 0.4) is 0 Å². The van der Waals surface area contributed by atoms with Gasteiger partial charge in [0.05, 0.1) is 5.92 Å². The van der Waals surface area contributed by atoms with E-state index in [1.165, 1.54) is 0 Å². The monoisotopic (exact) mass is 227 g/mol. The molecule has 4 nitrogen and oxygen atoms in total. The van der Waals surface area contributed by atoms with E-state index in [4.69, 9.17) is 5.11 Å². The Hall–Kier alpha value is -1.06. The summed E-state index contributed by atoms with van der Waals surface area (Å²) in [7, 11) is 0. The molecule has 0 radical (unpaired) electrons. The molecule has 1 amide bonds. The lowest BCUT2D eigenvalue weighted by molar-refractivity contribution is -0.145. The van der Waals surface area contributed by atoms with Crippen LogP contribution in [0.25, 0.3) is 0 Å². The van der Waals surface area contributed by atoms with E-state index in [1.807, 2.05) is 18.7 Å². The Morgan fingerprint density at radius 1 is 1.50 bits per heavy atom. The van der Waals surface area contributed by atoms with Crippen molar-refractivity contribution in [1.29, 1.82) is 0 Å². The lowest BCUT2D eigenvalue weighted by Gasteiger charge is -2.33. The van der Waals surface area contributed by atoms with Gasteiger partial charge in [-0.2, -0.15) is 0 Å². The largest absolute Gasteiger partial charge is 0.481 e. The summed E-state index contributed by atoms with van der Waals surface area (Å²) in [6.45, 7) is 6.45. The average molecular weight is 227 g/mol. The highest BCUT2D eigenvalue weighted by Gasteiger charge is 2.34. The molecular formula is C12H21NO3. The molecule has 0 spiro atoms. The first-order valence-electron chi connectivity index (χ1n) is 6.01. The molecule has 1 heterocycles. The van der Waals surface area contributed by atoms with E-state index in [9.17, 15) is 9.59 Å². The maximum absolute atomic E-state index is 11.7. The Morgan fingerprint density at radius 3 is 2.50 bits per heavy atom. The summed E-state index contributed by atoms with van der Waals surface area (Å²) in [4.78, 5) is 24.5. The SMILES string of the molecule is CCC(C(C)C(C)C(=O)O)N1CCCC1=O. The first kappa shape index (κ1) is 13.0. The molecule has 3 atom stereocenters.